The topological polar surface area (TPSA) is 88.4 Å². The van der Waals surface area contributed by atoms with Gasteiger partial charge in [0.2, 0.25) is 0 Å². The quantitative estimate of drug-likeness (QED) is 0.351. The summed E-state index contributed by atoms with van der Waals surface area (Å²) in [6, 6.07) is 7.08. The van der Waals surface area contributed by atoms with Crippen molar-refractivity contribution >= 4 is 18.0 Å². The van der Waals surface area contributed by atoms with E-state index in [-0.39, 0.29) is 29.4 Å². The fourth-order valence-corrected chi connectivity index (χ4v) is 3.46. The van der Waals surface area contributed by atoms with E-state index in [1.807, 2.05) is 6.07 Å². The van der Waals surface area contributed by atoms with Crippen LogP contribution in [0.25, 0.3) is 6.08 Å². The zero-order chi connectivity index (χ0) is 20.1. The van der Waals surface area contributed by atoms with Crippen LogP contribution in [0.3, 0.4) is 0 Å². The number of nitrogens with one attached hydrogen (secondary N) is 1. The molecule has 1 aromatic rings. The highest BCUT2D eigenvalue weighted by Crippen LogP contribution is 2.34. The van der Waals surface area contributed by atoms with Crippen molar-refractivity contribution in [2.24, 2.45) is 11.8 Å². The molecule has 28 heavy (non-hydrogen) atoms. The number of ether oxygens (including phenoxy) is 2. The molecule has 6 nitrogen and oxygen atoms in total. The number of esters is 1. The molecule has 0 heterocycles. The average molecular weight is 382 g/mol. The first-order chi connectivity index (χ1) is 13.5. The van der Waals surface area contributed by atoms with Crippen LogP contribution < -0.4 is 14.8 Å². The van der Waals surface area contributed by atoms with Crippen molar-refractivity contribution in [3.63, 3.8) is 0 Å². The van der Waals surface area contributed by atoms with Gasteiger partial charge >= 0.3 is 5.97 Å². The number of carbonyl (C=O) groups is 2. The third-order valence-corrected chi connectivity index (χ3v) is 5.41. The molecule has 0 saturated heterocycles. The number of hydrogen-bond acceptors (Lipinski definition) is 5. The van der Waals surface area contributed by atoms with Crippen LogP contribution in [-0.4, -0.2) is 25.0 Å². The van der Waals surface area contributed by atoms with Crippen LogP contribution in [0.1, 0.15) is 51.0 Å². The van der Waals surface area contributed by atoms with Gasteiger partial charge in [0.05, 0.1) is 13.0 Å². The van der Waals surface area contributed by atoms with E-state index in [9.17, 15) is 14.9 Å². The Kier molecular flexibility index (Phi) is 6.35. The Labute approximate surface area is 165 Å². The molecular weight excluding hydrogens is 356 g/mol. The Bertz CT molecular complexity index is 820. The molecule has 1 aromatic carbocycles. The molecule has 0 unspecified atom stereocenters. The van der Waals surface area contributed by atoms with E-state index in [0.717, 1.165) is 32.1 Å². The molecule has 3 rings (SSSR count). The molecule has 0 radical (unpaired) electrons. The van der Waals surface area contributed by atoms with Gasteiger partial charge in [-0.3, -0.25) is 9.59 Å². The number of nitriles is 1. The van der Waals surface area contributed by atoms with E-state index in [2.05, 4.69) is 12.2 Å². The maximum absolute atomic E-state index is 12.5. The number of hydrogen-bond donors (Lipinski definition) is 1. The van der Waals surface area contributed by atoms with Crippen molar-refractivity contribution < 1.29 is 19.1 Å². The van der Waals surface area contributed by atoms with Crippen LogP contribution in [0.4, 0.5) is 0 Å². The van der Waals surface area contributed by atoms with E-state index < -0.39 is 0 Å². The van der Waals surface area contributed by atoms with Gasteiger partial charge in [-0.05, 0) is 55.4 Å². The molecule has 0 spiro atoms. The molecule has 148 valence electrons. The molecule has 0 aliphatic heterocycles. The minimum atomic E-state index is -0.357. The van der Waals surface area contributed by atoms with Crippen LogP contribution in [0.15, 0.2) is 23.8 Å². The summed E-state index contributed by atoms with van der Waals surface area (Å²) in [6.45, 7) is 2.13. The first-order valence-electron chi connectivity index (χ1n) is 9.84. The lowest BCUT2D eigenvalue weighted by Gasteiger charge is -2.29. The van der Waals surface area contributed by atoms with Gasteiger partial charge in [0.25, 0.3) is 5.91 Å². The van der Waals surface area contributed by atoms with E-state index in [1.54, 1.807) is 18.2 Å². The Morgan fingerprint density at radius 2 is 1.93 bits per heavy atom. The summed E-state index contributed by atoms with van der Waals surface area (Å²) in [5.41, 5.74) is 0.675. The molecule has 2 aliphatic carbocycles. The lowest BCUT2D eigenvalue weighted by molar-refractivity contribution is -0.135. The van der Waals surface area contributed by atoms with Gasteiger partial charge in [-0.25, -0.2) is 0 Å². The highest BCUT2D eigenvalue weighted by Gasteiger charge is 2.32. The smallest absolute Gasteiger partial charge is 0.314 e. The number of methoxy groups -OCH3 is 1. The van der Waals surface area contributed by atoms with Crippen molar-refractivity contribution in [1.82, 2.24) is 5.32 Å². The van der Waals surface area contributed by atoms with E-state index in [1.165, 1.54) is 19.6 Å². The molecule has 0 bridgehead atoms. The number of nitrogens with zero attached hydrogens (tertiary/aromatic N) is 1. The van der Waals surface area contributed by atoms with Crippen molar-refractivity contribution in [2.45, 2.75) is 51.5 Å². The molecule has 6 heteroatoms. The lowest BCUT2D eigenvalue weighted by Crippen LogP contribution is -2.41. The van der Waals surface area contributed by atoms with Gasteiger partial charge in [-0.15, -0.1) is 0 Å². The standard InChI is InChI=1S/C22H26N2O4/c1-14-5-3-4-6-18(14)24-21(25)17(13-23)11-15-7-10-19(20(12-15)27-2)28-22(26)16-8-9-16/h7,10-12,14,16,18H,3-6,8-9H2,1-2H3,(H,24,25)/b17-11+/t14-,18+/m0/s1. The molecular formula is C22H26N2O4. The monoisotopic (exact) mass is 382 g/mol. The molecule has 1 amide bonds. The summed E-state index contributed by atoms with van der Waals surface area (Å²) in [7, 11) is 1.49. The largest absolute Gasteiger partial charge is 0.493 e. The third-order valence-electron chi connectivity index (χ3n) is 5.41. The zero-order valence-electron chi connectivity index (χ0n) is 16.4. The lowest BCUT2D eigenvalue weighted by atomic mass is 9.86. The van der Waals surface area contributed by atoms with Crippen LogP contribution in [0.5, 0.6) is 11.5 Å². The Hall–Kier alpha value is -2.81. The minimum absolute atomic E-state index is 0.0136. The SMILES string of the molecule is COc1cc(/C=C(\C#N)C(=O)N[C@@H]2CCCC[C@@H]2C)ccc1OC(=O)C1CC1. The summed E-state index contributed by atoms with van der Waals surface area (Å²) in [6.07, 6.45) is 7.57. The third kappa shape index (κ3) is 4.92. The highest BCUT2D eigenvalue weighted by molar-refractivity contribution is 6.01. The Balaban J connectivity index is 1.73. The van der Waals surface area contributed by atoms with Crippen LogP contribution in [0.2, 0.25) is 0 Å². The van der Waals surface area contributed by atoms with Crippen molar-refractivity contribution in [3.05, 3.63) is 29.3 Å². The van der Waals surface area contributed by atoms with Crippen molar-refractivity contribution in [3.8, 4) is 17.6 Å². The first kappa shape index (κ1) is 19.9. The molecule has 2 fully saturated rings. The van der Waals surface area contributed by atoms with Crippen molar-refractivity contribution in [1.29, 1.82) is 5.26 Å². The molecule has 1 N–H and O–H groups in total. The number of amides is 1. The van der Waals surface area contributed by atoms with E-state index in [0.29, 0.717) is 23.0 Å². The molecule has 0 aromatic heterocycles. The van der Waals surface area contributed by atoms with E-state index >= 15 is 0 Å². The zero-order valence-corrected chi connectivity index (χ0v) is 16.4. The maximum atomic E-state index is 12.5. The van der Waals surface area contributed by atoms with Crippen LogP contribution in [-0.2, 0) is 9.59 Å². The number of carbonyl (C=O) groups excluding carboxylic acids is 2. The van der Waals surface area contributed by atoms with Gasteiger partial charge in [0.15, 0.2) is 11.5 Å². The van der Waals surface area contributed by atoms with Gasteiger partial charge in [0, 0.05) is 6.04 Å². The number of rotatable bonds is 6. The second-order valence-electron chi connectivity index (χ2n) is 7.62. The highest BCUT2D eigenvalue weighted by atomic mass is 16.6. The van der Waals surface area contributed by atoms with Crippen LogP contribution in [0, 0.1) is 23.2 Å². The summed E-state index contributed by atoms with van der Waals surface area (Å²) in [5.74, 6) is 0.528. The summed E-state index contributed by atoms with van der Waals surface area (Å²) < 4.78 is 10.7. The predicted octanol–water partition coefficient (Wildman–Crippen LogP) is 3.61. The van der Waals surface area contributed by atoms with Gasteiger partial charge < -0.3 is 14.8 Å². The van der Waals surface area contributed by atoms with Gasteiger partial charge in [-0.2, -0.15) is 5.26 Å². The Morgan fingerprint density at radius 3 is 2.57 bits per heavy atom. The normalized spacial score (nSPS) is 22.1. The first-order valence-corrected chi connectivity index (χ1v) is 9.84. The minimum Gasteiger partial charge on any atom is -0.493 e. The fraction of sp³-hybridized carbons (Fsp3) is 0.500. The number of benzene rings is 1. The second-order valence-corrected chi connectivity index (χ2v) is 7.62. The van der Waals surface area contributed by atoms with Gasteiger partial charge in [-0.1, -0.05) is 25.8 Å². The second kappa shape index (κ2) is 8.92. The molecule has 2 atom stereocenters. The molecule has 2 aliphatic rings. The maximum Gasteiger partial charge on any atom is 0.314 e. The summed E-state index contributed by atoms with van der Waals surface area (Å²) >= 11 is 0. The predicted molar refractivity (Wildman–Crippen MR) is 105 cm³/mol. The summed E-state index contributed by atoms with van der Waals surface area (Å²) in [5, 5.41) is 12.4. The summed E-state index contributed by atoms with van der Waals surface area (Å²) in [4.78, 5) is 24.4. The molecule has 2 saturated carbocycles. The van der Waals surface area contributed by atoms with Crippen LogP contribution >= 0.6 is 0 Å². The van der Waals surface area contributed by atoms with E-state index in [4.69, 9.17) is 9.47 Å². The average Bonchev–Trinajstić information content (AvgIpc) is 3.54. The Morgan fingerprint density at radius 1 is 1.18 bits per heavy atom. The fourth-order valence-electron chi connectivity index (χ4n) is 3.46. The van der Waals surface area contributed by atoms with Gasteiger partial charge in [0.1, 0.15) is 11.6 Å². The van der Waals surface area contributed by atoms with Crippen molar-refractivity contribution in [2.75, 3.05) is 7.11 Å².